The zero-order valence-corrected chi connectivity index (χ0v) is 11.9. The molecule has 0 atom stereocenters. The van der Waals surface area contributed by atoms with Crippen LogP contribution in [0.3, 0.4) is 0 Å². The van der Waals surface area contributed by atoms with Gasteiger partial charge < -0.3 is 11.5 Å². The summed E-state index contributed by atoms with van der Waals surface area (Å²) in [5.41, 5.74) is 11.7. The lowest BCUT2D eigenvalue weighted by molar-refractivity contribution is 0.596. The summed E-state index contributed by atoms with van der Waals surface area (Å²) in [6.07, 6.45) is 0. The van der Waals surface area contributed by atoms with Crippen LogP contribution in [0.4, 0.5) is 11.4 Å². The molecule has 4 N–H and O–H groups in total. The van der Waals surface area contributed by atoms with Crippen molar-refractivity contribution in [3.05, 3.63) is 46.4 Å². The van der Waals surface area contributed by atoms with Gasteiger partial charge in [-0.15, -0.1) is 0 Å². The fourth-order valence-electron chi connectivity index (χ4n) is 1.49. The minimum atomic E-state index is -3.70. The average molecular weight is 317 g/mol. The van der Waals surface area contributed by atoms with Gasteiger partial charge in [0.05, 0.1) is 31.2 Å². The highest BCUT2D eigenvalue weighted by molar-refractivity contribution is 7.91. The second kappa shape index (κ2) is 4.92. The first kappa shape index (κ1) is 14.0. The van der Waals surface area contributed by atoms with Crippen LogP contribution in [-0.2, 0) is 9.84 Å². The van der Waals surface area contributed by atoms with Gasteiger partial charge in [0.2, 0.25) is 9.84 Å². The van der Waals surface area contributed by atoms with E-state index in [0.29, 0.717) is 11.4 Å². The maximum atomic E-state index is 12.4. The molecule has 7 heteroatoms. The van der Waals surface area contributed by atoms with E-state index in [4.69, 9.17) is 34.7 Å². The number of hydrogen-bond acceptors (Lipinski definition) is 4. The molecule has 0 spiro atoms. The summed E-state index contributed by atoms with van der Waals surface area (Å²) in [6, 6.07) is 8.26. The Labute approximate surface area is 120 Å². The Morgan fingerprint density at radius 1 is 0.789 bits per heavy atom. The molecule has 0 aromatic heterocycles. The van der Waals surface area contributed by atoms with Crippen LogP contribution >= 0.6 is 23.2 Å². The number of nitrogens with two attached hydrogens (primary N) is 2. The summed E-state index contributed by atoms with van der Waals surface area (Å²) >= 11 is 11.7. The van der Waals surface area contributed by atoms with Crippen molar-refractivity contribution >= 4 is 44.4 Å². The quantitative estimate of drug-likeness (QED) is 0.834. The molecule has 0 saturated carbocycles. The molecule has 0 aliphatic rings. The molecule has 2 aromatic rings. The highest BCUT2D eigenvalue weighted by Crippen LogP contribution is 2.29. The average Bonchev–Trinajstić information content (AvgIpc) is 2.35. The van der Waals surface area contributed by atoms with E-state index in [9.17, 15) is 8.42 Å². The van der Waals surface area contributed by atoms with Crippen molar-refractivity contribution in [3.8, 4) is 0 Å². The summed E-state index contributed by atoms with van der Waals surface area (Å²) in [5.74, 6) is 0. The molecule has 100 valence electrons. The topological polar surface area (TPSA) is 86.2 Å². The number of sulfone groups is 1. The van der Waals surface area contributed by atoms with Crippen LogP contribution in [0.5, 0.6) is 0 Å². The summed E-state index contributed by atoms with van der Waals surface area (Å²) in [5, 5.41) is 0.366. The molecule has 19 heavy (non-hydrogen) atoms. The van der Waals surface area contributed by atoms with Gasteiger partial charge in [-0.2, -0.15) is 0 Å². The van der Waals surface area contributed by atoms with Gasteiger partial charge in [-0.25, -0.2) is 8.42 Å². The molecule has 0 bridgehead atoms. The summed E-state index contributed by atoms with van der Waals surface area (Å²) < 4.78 is 24.7. The third kappa shape index (κ3) is 2.63. The second-order valence-electron chi connectivity index (χ2n) is 3.87. The lowest BCUT2D eigenvalue weighted by Gasteiger charge is -2.07. The third-order valence-electron chi connectivity index (χ3n) is 2.56. The number of benzene rings is 2. The summed E-state index contributed by atoms with van der Waals surface area (Å²) in [4.78, 5) is 0.0973. The van der Waals surface area contributed by atoms with Crippen LogP contribution in [0.1, 0.15) is 0 Å². The fraction of sp³-hybridized carbons (Fsp3) is 0. The van der Waals surface area contributed by atoms with E-state index in [1.807, 2.05) is 0 Å². The predicted molar refractivity (Wildman–Crippen MR) is 77.2 cm³/mol. The molecule has 0 aliphatic heterocycles. The van der Waals surface area contributed by atoms with Crippen molar-refractivity contribution in [2.24, 2.45) is 0 Å². The van der Waals surface area contributed by atoms with Gasteiger partial charge in [0.1, 0.15) is 0 Å². The molecule has 0 unspecified atom stereocenters. The molecule has 4 nitrogen and oxygen atoms in total. The van der Waals surface area contributed by atoms with Crippen molar-refractivity contribution < 1.29 is 8.42 Å². The fourth-order valence-corrected chi connectivity index (χ4v) is 3.29. The van der Waals surface area contributed by atoms with Gasteiger partial charge >= 0.3 is 0 Å². The monoisotopic (exact) mass is 316 g/mol. The smallest absolute Gasteiger partial charge is 0.206 e. The Bertz CT molecular complexity index is 688. The molecule has 0 saturated heterocycles. The third-order valence-corrected chi connectivity index (χ3v) is 4.97. The SMILES string of the molecule is Nc1ccc(S(=O)(=O)c2ccc(N)c(Cl)c2)cc1Cl. The molecule has 0 radical (unpaired) electrons. The first-order valence-electron chi connectivity index (χ1n) is 5.17. The molecule has 0 fully saturated rings. The van der Waals surface area contributed by atoms with Crippen molar-refractivity contribution in [2.45, 2.75) is 9.79 Å². The van der Waals surface area contributed by atoms with Gasteiger partial charge in [0.25, 0.3) is 0 Å². The molecular formula is C12H10Cl2N2O2S. The molecular weight excluding hydrogens is 307 g/mol. The van der Waals surface area contributed by atoms with Gasteiger partial charge in [-0.1, -0.05) is 23.2 Å². The Balaban J connectivity index is 2.58. The van der Waals surface area contributed by atoms with Crippen molar-refractivity contribution in [1.82, 2.24) is 0 Å². The first-order valence-corrected chi connectivity index (χ1v) is 7.41. The zero-order chi connectivity index (χ0) is 14.2. The van der Waals surface area contributed by atoms with Gasteiger partial charge in [0, 0.05) is 0 Å². The summed E-state index contributed by atoms with van der Waals surface area (Å²) in [7, 11) is -3.70. The van der Waals surface area contributed by atoms with Crippen LogP contribution in [0, 0.1) is 0 Å². The first-order chi connectivity index (χ1) is 8.82. The molecule has 2 rings (SSSR count). The Hall–Kier alpha value is -1.43. The van der Waals surface area contributed by atoms with Gasteiger partial charge in [-0.3, -0.25) is 0 Å². The van der Waals surface area contributed by atoms with E-state index in [1.54, 1.807) is 0 Å². The Morgan fingerprint density at radius 3 is 1.47 bits per heavy atom. The highest BCUT2D eigenvalue weighted by atomic mass is 35.5. The minimum absolute atomic E-state index is 0.0486. The van der Waals surface area contributed by atoms with Gasteiger partial charge in [0.15, 0.2) is 0 Å². The van der Waals surface area contributed by atoms with E-state index in [2.05, 4.69) is 0 Å². The lowest BCUT2D eigenvalue weighted by atomic mass is 10.3. The standard InChI is InChI=1S/C12H10Cl2N2O2S/c13-9-5-7(1-3-11(9)15)19(17,18)8-2-4-12(16)10(14)6-8/h1-6H,15-16H2. The van der Waals surface area contributed by atoms with E-state index >= 15 is 0 Å². The lowest BCUT2D eigenvalue weighted by Crippen LogP contribution is -2.03. The van der Waals surface area contributed by atoms with Crippen LogP contribution < -0.4 is 11.5 Å². The normalized spacial score (nSPS) is 11.5. The van der Waals surface area contributed by atoms with Crippen LogP contribution in [0.2, 0.25) is 10.0 Å². The van der Waals surface area contributed by atoms with E-state index in [1.165, 1.54) is 36.4 Å². The number of anilines is 2. The number of rotatable bonds is 2. The minimum Gasteiger partial charge on any atom is -0.398 e. The van der Waals surface area contributed by atoms with E-state index in [0.717, 1.165) is 0 Å². The second-order valence-corrected chi connectivity index (χ2v) is 6.63. The number of hydrogen-bond donors (Lipinski definition) is 2. The highest BCUT2D eigenvalue weighted by Gasteiger charge is 2.19. The molecule has 0 aliphatic carbocycles. The van der Waals surface area contributed by atoms with Crippen LogP contribution in [-0.4, -0.2) is 8.42 Å². The largest absolute Gasteiger partial charge is 0.398 e. The summed E-state index contributed by atoms with van der Waals surface area (Å²) in [6.45, 7) is 0. The Morgan fingerprint density at radius 2 is 1.16 bits per heavy atom. The van der Waals surface area contributed by atoms with Crippen molar-refractivity contribution in [3.63, 3.8) is 0 Å². The van der Waals surface area contributed by atoms with Gasteiger partial charge in [-0.05, 0) is 36.4 Å². The molecule has 0 heterocycles. The van der Waals surface area contributed by atoms with E-state index < -0.39 is 9.84 Å². The maximum absolute atomic E-state index is 12.4. The Kier molecular flexibility index (Phi) is 3.62. The molecule has 2 aromatic carbocycles. The number of nitrogen functional groups attached to an aromatic ring is 2. The van der Waals surface area contributed by atoms with Crippen LogP contribution in [0.15, 0.2) is 46.2 Å². The zero-order valence-electron chi connectivity index (χ0n) is 9.60. The number of halogens is 2. The van der Waals surface area contributed by atoms with Crippen molar-refractivity contribution in [2.75, 3.05) is 11.5 Å². The van der Waals surface area contributed by atoms with Crippen molar-refractivity contribution in [1.29, 1.82) is 0 Å². The predicted octanol–water partition coefficient (Wildman–Crippen LogP) is 2.99. The van der Waals surface area contributed by atoms with Crippen LogP contribution in [0.25, 0.3) is 0 Å². The molecule has 0 amide bonds. The maximum Gasteiger partial charge on any atom is 0.206 e. The van der Waals surface area contributed by atoms with E-state index in [-0.39, 0.29) is 19.8 Å².